The van der Waals surface area contributed by atoms with Gasteiger partial charge in [-0.3, -0.25) is 4.79 Å². The number of aliphatic hydroxyl groups excluding tert-OH is 2. The molecule has 1 aliphatic rings. The maximum Gasteiger partial charge on any atom is 0.255 e. The Bertz CT molecular complexity index is 567. The molecule has 134 valence electrons. The Morgan fingerprint density at radius 1 is 1.33 bits per heavy atom. The highest BCUT2D eigenvalue weighted by Gasteiger charge is 2.36. The van der Waals surface area contributed by atoms with E-state index in [1.165, 1.54) is 0 Å². The van der Waals surface area contributed by atoms with Gasteiger partial charge in [0.2, 0.25) is 0 Å². The highest BCUT2D eigenvalue weighted by atomic mass is 35.5. The largest absolute Gasteiger partial charge is 0.396 e. The van der Waals surface area contributed by atoms with Crippen molar-refractivity contribution in [2.45, 2.75) is 13.8 Å². The molecule has 1 amide bonds. The van der Waals surface area contributed by atoms with Crippen molar-refractivity contribution in [1.82, 2.24) is 9.80 Å². The molecule has 1 aliphatic heterocycles. The van der Waals surface area contributed by atoms with Crippen LogP contribution >= 0.6 is 11.6 Å². The third-order valence-electron chi connectivity index (χ3n) is 4.88. The van der Waals surface area contributed by atoms with E-state index in [1.807, 2.05) is 26.0 Å². The molecular weight excluding hydrogens is 328 g/mol. The van der Waals surface area contributed by atoms with Crippen LogP contribution in [-0.2, 0) is 0 Å². The van der Waals surface area contributed by atoms with Crippen LogP contribution in [0, 0.1) is 18.8 Å². The van der Waals surface area contributed by atoms with Crippen molar-refractivity contribution in [1.29, 1.82) is 0 Å². The molecule has 24 heavy (non-hydrogen) atoms. The molecule has 0 unspecified atom stereocenters. The van der Waals surface area contributed by atoms with Crippen LogP contribution < -0.4 is 0 Å². The first-order chi connectivity index (χ1) is 11.5. The molecular formula is C18H27ClN2O3. The average molecular weight is 355 g/mol. The van der Waals surface area contributed by atoms with Crippen molar-refractivity contribution in [2.75, 3.05) is 45.9 Å². The molecule has 0 saturated carbocycles. The fourth-order valence-corrected chi connectivity index (χ4v) is 3.56. The van der Waals surface area contributed by atoms with E-state index < -0.39 is 0 Å². The van der Waals surface area contributed by atoms with Crippen molar-refractivity contribution < 1.29 is 15.0 Å². The lowest BCUT2D eigenvalue weighted by Crippen LogP contribution is -2.36. The van der Waals surface area contributed by atoms with E-state index in [1.54, 1.807) is 11.0 Å². The summed E-state index contributed by atoms with van der Waals surface area (Å²) >= 11 is 6.29. The zero-order valence-electron chi connectivity index (χ0n) is 14.4. The van der Waals surface area contributed by atoms with Crippen molar-refractivity contribution >= 4 is 17.5 Å². The molecule has 0 aliphatic carbocycles. The molecule has 2 N–H and O–H groups in total. The first-order valence-electron chi connectivity index (χ1n) is 8.50. The molecule has 1 saturated heterocycles. The van der Waals surface area contributed by atoms with Gasteiger partial charge in [-0.05, 0) is 31.0 Å². The zero-order chi connectivity index (χ0) is 17.7. The van der Waals surface area contributed by atoms with E-state index >= 15 is 0 Å². The summed E-state index contributed by atoms with van der Waals surface area (Å²) in [4.78, 5) is 16.8. The van der Waals surface area contributed by atoms with Crippen LogP contribution in [0.3, 0.4) is 0 Å². The number of halogens is 1. The van der Waals surface area contributed by atoms with E-state index in [9.17, 15) is 9.90 Å². The van der Waals surface area contributed by atoms with Crippen LogP contribution in [0.4, 0.5) is 0 Å². The van der Waals surface area contributed by atoms with Gasteiger partial charge in [-0.2, -0.15) is 0 Å². The molecule has 1 aromatic carbocycles. The molecule has 1 heterocycles. The highest BCUT2D eigenvalue weighted by molar-refractivity contribution is 6.34. The summed E-state index contributed by atoms with van der Waals surface area (Å²) in [6.07, 6.45) is 0. The quantitative estimate of drug-likeness (QED) is 0.781. The number of benzene rings is 1. The third-order valence-corrected chi connectivity index (χ3v) is 5.38. The lowest BCUT2D eigenvalue weighted by atomic mass is 9.96. The Morgan fingerprint density at radius 3 is 2.67 bits per heavy atom. The first-order valence-corrected chi connectivity index (χ1v) is 8.88. The molecule has 2 rings (SSSR count). The Hall–Kier alpha value is -1.14. The molecule has 2 atom stereocenters. The molecule has 5 nitrogen and oxygen atoms in total. The minimum Gasteiger partial charge on any atom is -0.396 e. The van der Waals surface area contributed by atoms with Gasteiger partial charge < -0.3 is 20.0 Å². The van der Waals surface area contributed by atoms with E-state index in [2.05, 4.69) is 4.90 Å². The van der Waals surface area contributed by atoms with Crippen molar-refractivity contribution in [3.63, 3.8) is 0 Å². The number of carbonyl (C=O) groups excluding carboxylic acids is 1. The Labute approximate surface area is 148 Å². The molecule has 0 aromatic heterocycles. The van der Waals surface area contributed by atoms with Gasteiger partial charge in [0.15, 0.2) is 0 Å². The minimum absolute atomic E-state index is 0.0604. The number of hydrogen-bond acceptors (Lipinski definition) is 4. The minimum atomic E-state index is -0.0742. The predicted octanol–water partition coefficient (Wildman–Crippen LogP) is 1.64. The van der Waals surface area contributed by atoms with Crippen LogP contribution in [0.1, 0.15) is 22.8 Å². The van der Waals surface area contributed by atoms with Gasteiger partial charge in [0.25, 0.3) is 5.91 Å². The molecule has 6 heteroatoms. The standard InChI is InChI=1S/C18H27ClN2O3/c1-3-20(7-8-22)9-14-10-21(11-15(14)12-23)18(24)16-6-4-5-13(2)17(16)19/h4-6,14-15,22-23H,3,7-12H2,1-2H3/t14-,15-/m1/s1. The number of likely N-dealkylation sites (N-methyl/N-ethyl adjacent to an activating group) is 1. The number of aryl methyl sites for hydroxylation is 1. The van der Waals surface area contributed by atoms with Gasteiger partial charge in [-0.15, -0.1) is 0 Å². The summed E-state index contributed by atoms with van der Waals surface area (Å²) < 4.78 is 0. The summed E-state index contributed by atoms with van der Waals surface area (Å²) in [7, 11) is 0. The monoisotopic (exact) mass is 354 g/mol. The van der Waals surface area contributed by atoms with Gasteiger partial charge in [0.1, 0.15) is 0 Å². The summed E-state index contributed by atoms with van der Waals surface area (Å²) in [6, 6.07) is 5.48. The van der Waals surface area contributed by atoms with E-state index in [0.717, 1.165) is 18.7 Å². The maximum absolute atomic E-state index is 12.8. The Balaban J connectivity index is 2.10. The number of aliphatic hydroxyl groups is 2. The van der Waals surface area contributed by atoms with Crippen LogP contribution in [-0.4, -0.2) is 71.9 Å². The molecule has 0 bridgehead atoms. The fourth-order valence-electron chi connectivity index (χ4n) is 3.35. The molecule has 1 fully saturated rings. The van der Waals surface area contributed by atoms with Crippen LogP contribution in [0.5, 0.6) is 0 Å². The van der Waals surface area contributed by atoms with Gasteiger partial charge in [0, 0.05) is 38.7 Å². The highest BCUT2D eigenvalue weighted by Crippen LogP contribution is 2.28. The number of carbonyl (C=O) groups is 1. The molecule has 0 spiro atoms. The second-order valence-electron chi connectivity index (χ2n) is 6.47. The second-order valence-corrected chi connectivity index (χ2v) is 6.84. The summed E-state index contributed by atoms with van der Waals surface area (Å²) in [5, 5.41) is 19.3. The maximum atomic E-state index is 12.8. The van der Waals surface area contributed by atoms with Crippen LogP contribution in [0.15, 0.2) is 18.2 Å². The average Bonchev–Trinajstić information content (AvgIpc) is 2.99. The fraction of sp³-hybridized carbons (Fsp3) is 0.611. The Morgan fingerprint density at radius 2 is 2.04 bits per heavy atom. The summed E-state index contributed by atoms with van der Waals surface area (Å²) in [5.74, 6) is 0.189. The first kappa shape index (κ1) is 19.2. The van der Waals surface area contributed by atoms with Crippen molar-refractivity contribution in [2.24, 2.45) is 11.8 Å². The van der Waals surface area contributed by atoms with E-state index in [-0.39, 0.29) is 31.0 Å². The topological polar surface area (TPSA) is 64.0 Å². The van der Waals surface area contributed by atoms with Gasteiger partial charge in [-0.25, -0.2) is 0 Å². The number of nitrogens with zero attached hydrogens (tertiary/aromatic N) is 2. The number of rotatable bonds is 7. The number of hydrogen-bond donors (Lipinski definition) is 2. The second kappa shape index (κ2) is 8.81. The lowest BCUT2D eigenvalue weighted by Gasteiger charge is -2.25. The summed E-state index contributed by atoms with van der Waals surface area (Å²) in [5.41, 5.74) is 1.41. The van der Waals surface area contributed by atoms with Crippen molar-refractivity contribution in [3.05, 3.63) is 34.3 Å². The van der Waals surface area contributed by atoms with Crippen LogP contribution in [0.2, 0.25) is 5.02 Å². The van der Waals surface area contributed by atoms with Crippen molar-refractivity contribution in [3.8, 4) is 0 Å². The number of likely N-dealkylation sites (tertiary alicyclic amines) is 1. The van der Waals surface area contributed by atoms with Gasteiger partial charge in [-0.1, -0.05) is 30.7 Å². The van der Waals surface area contributed by atoms with E-state index in [4.69, 9.17) is 16.7 Å². The molecule has 0 radical (unpaired) electrons. The van der Waals surface area contributed by atoms with E-state index in [0.29, 0.717) is 30.2 Å². The number of amides is 1. The van der Waals surface area contributed by atoms with Gasteiger partial charge in [0.05, 0.1) is 17.2 Å². The smallest absolute Gasteiger partial charge is 0.255 e. The zero-order valence-corrected chi connectivity index (χ0v) is 15.2. The third kappa shape index (κ3) is 4.28. The van der Waals surface area contributed by atoms with Gasteiger partial charge >= 0.3 is 0 Å². The SMILES string of the molecule is CCN(CCO)C[C@@H]1CN(C(=O)c2cccc(C)c2Cl)C[C@@H]1CO. The lowest BCUT2D eigenvalue weighted by molar-refractivity contribution is 0.0778. The summed E-state index contributed by atoms with van der Waals surface area (Å²) in [6.45, 7) is 7.49. The normalized spacial score (nSPS) is 20.8. The molecule has 1 aromatic rings. The van der Waals surface area contributed by atoms with Crippen LogP contribution in [0.25, 0.3) is 0 Å². The predicted molar refractivity (Wildman–Crippen MR) is 95.4 cm³/mol. The Kier molecular flexibility index (Phi) is 7.04.